The van der Waals surface area contributed by atoms with E-state index in [4.69, 9.17) is 15.6 Å². The van der Waals surface area contributed by atoms with Crippen molar-refractivity contribution in [3.63, 3.8) is 0 Å². The van der Waals surface area contributed by atoms with Gasteiger partial charge in [0.05, 0.1) is 16.9 Å². The van der Waals surface area contributed by atoms with Crippen LogP contribution in [0.25, 0.3) is 5.69 Å². The zero-order chi connectivity index (χ0) is 21.6. The molecule has 0 spiro atoms. The Kier molecular flexibility index (Phi) is 5.29. The molecule has 0 bridgehead atoms. The number of hydrogen-bond acceptors (Lipinski definition) is 4. The monoisotopic (exact) mass is 422 g/mol. The van der Waals surface area contributed by atoms with E-state index >= 15 is 0 Å². The molecule has 1 aliphatic heterocycles. The summed E-state index contributed by atoms with van der Waals surface area (Å²) in [4.78, 5) is 12.1. The molecule has 1 amide bonds. The highest BCUT2D eigenvalue weighted by Gasteiger charge is 2.33. The molecule has 2 heterocycles. The molecule has 1 saturated heterocycles. The highest BCUT2D eigenvalue weighted by molar-refractivity contribution is 5.99. The molecule has 0 radical (unpaired) electrons. The fourth-order valence-electron chi connectivity index (χ4n) is 5.04. The molecule has 1 aromatic carbocycles. The molecule has 3 aliphatic rings. The van der Waals surface area contributed by atoms with Crippen molar-refractivity contribution in [2.45, 2.75) is 71.3 Å². The van der Waals surface area contributed by atoms with Gasteiger partial charge in [0, 0.05) is 30.6 Å². The van der Waals surface area contributed by atoms with Gasteiger partial charge in [-0.2, -0.15) is 5.10 Å². The van der Waals surface area contributed by atoms with Crippen LogP contribution in [0.1, 0.15) is 73.3 Å². The molecule has 31 heavy (non-hydrogen) atoms. The van der Waals surface area contributed by atoms with Gasteiger partial charge in [-0.05, 0) is 86.5 Å². The predicted molar refractivity (Wildman–Crippen MR) is 122 cm³/mol. The third-order valence-electron chi connectivity index (χ3n) is 7.14. The summed E-state index contributed by atoms with van der Waals surface area (Å²) >= 11 is 0. The van der Waals surface area contributed by atoms with Gasteiger partial charge in [-0.1, -0.05) is 13.8 Å². The normalized spacial score (nSPS) is 21.0. The average molecular weight is 423 g/mol. The van der Waals surface area contributed by atoms with Crippen LogP contribution in [0.3, 0.4) is 0 Å². The maximum absolute atomic E-state index is 12.1. The van der Waals surface area contributed by atoms with Crippen LogP contribution in [0.15, 0.2) is 18.2 Å². The van der Waals surface area contributed by atoms with E-state index in [2.05, 4.69) is 29.9 Å². The van der Waals surface area contributed by atoms with Crippen LogP contribution < -0.4 is 11.1 Å². The zero-order valence-corrected chi connectivity index (χ0v) is 18.7. The summed E-state index contributed by atoms with van der Waals surface area (Å²) in [6, 6.07) is 6.19. The van der Waals surface area contributed by atoms with Crippen molar-refractivity contribution >= 4 is 11.6 Å². The van der Waals surface area contributed by atoms with Crippen LogP contribution in [0.2, 0.25) is 0 Å². The number of carbonyl (C=O) groups is 1. The van der Waals surface area contributed by atoms with Crippen molar-refractivity contribution in [3.05, 3.63) is 40.7 Å². The van der Waals surface area contributed by atoms with Gasteiger partial charge in [0.15, 0.2) is 0 Å². The second kappa shape index (κ2) is 7.97. The fraction of sp³-hybridized carbons (Fsp3) is 0.600. The van der Waals surface area contributed by atoms with E-state index in [1.165, 1.54) is 36.2 Å². The van der Waals surface area contributed by atoms with Gasteiger partial charge >= 0.3 is 0 Å². The summed E-state index contributed by atoms with van der Waals surface area (Å²) in [6.07, 6.45) is 8.97. The van der Waals surface area contributed by atoms with Crippen LogP contribution >= 0.6 is 0 Å². The van der Waals surface area contributed by atoms with Gasteiger partial charge in [-0.15, -0.1) is 0 Å². The Labute approximate surface area is 184 Å². The Bertz CT molecular complexity index is 984. The Morgan fingerprint density at radius 1 is 1.26 bits per heavy atom. The number of fused-ring (bicyclic) bond motifs is 1. The second-order valence-corrected chi connectivity index (χ2v) is 10.4. The first-order valence-corrected chi connectivity index (χ1v) is 11.8. The van der Waals surface area contributed by atoms with Crippen molar-refractivity contribution in [1.82, 2.24) is 9.78 Å². The Morgan fingerprint density at radius 3 is 2.74 bits per heavy atom. The Balaban J connectivity index is 1.53. The van der Waals surface area contributed by atoms with E-state index in [9.17, 15) is 4.79 Å². The smallest absolute Gasteiger partial charge is 0.250 e. The van der Waals surface area contributed by atoms with Gasteiger partial charge in [0.1, 0.15) is 0 Å². The fourth-order valence-corrected chi connectivity index (χ4v) is 5.04. The van der Waals surface area contributed by atoms with Crippen LogP contribution in [0.5, 0.6) is 0 Å². The van der Waals surface area contributed by atoms with E-state index in [-0.39, 0.29) is 11.5 Å². The lowest BCUT2D eigenvalue weighted by atomic mass is 9.76. The molecule has 6 nitrogen and oxygen atoms in total. The third-order valence-corrected chi connectivity index (χ3v) is 7.14. The van der Waals surface area contributed by atoms with Gasteiger partial charge in [-0.25, -0.2) is 4.68 Å². The first-order chi connectivity index (χ1) is 14.9. The number of nitrogens with one attached hydrogen (secondary N) is 1. The lowest BCUT2D eigenvalue weighted by molar-refractivity contribution is 0.0904. The SMILES string of the molecule is CC1(C)CCc2c(CC3CC3)nn(-c3ccc(C(N)=O)c(NC4CCOCC4)c3)c2C1. The number of aromatic nitrogens is 2. The third kappa shape index (κ3) is 4.36. The van der Waals surface area contributed by atoms with Gasteiger partial charge < -0.3 is 15.8 Å². The number of carbonyl (C=O) groups excluding carboxylic acids is 1. The lowest BCUT2D eigenvalue weighted by Gasteiger charge is -2.30. The van der Waals surface area contributed by atoms with E-state index < -0.39 is 5.91 Å². The number of hydrogen-bond donors (Lipinski definition) is 2. The maximum atomic E-state index is 12.1. The molecule has 3 N–H and O–H groups in total. The molecule has 166 valence electrons. The van der Waals surface area contributed by atoms with Gasteiger partial charge in [0.25, 0.3) is 5.91 Å². The van der Waals surface area contributed by atoms with E-state index in [0.29, 0.717) is 5.56 Å². The van der Waals surface area contributed by atoms with Crippen molar-refractivity contribution in [3.8, 4) is 5.69 Å². The zero-order valence-electron chi connectivity index (χ0n) is 18.7. The van der Waals surface area contributed by atoms with Crippen molar-refractivity contribution < 1.29 is 9.53 Å². The number of ether oxygens (including phenoxy) is 1. The van der Waals surface area contributed by atoms with Gasteiger partial charge in [0.2, 0.25) is 0 Å². The highest BCUT2D eigenvalue weighted by atomic mass is 16.5. The number of benzene rings is 1. The number of primary amides is 1. The van der Waals surface area contributed by atoms with Crippen molar-refractivity contribution in [2.75, 3.05) is 18.5 Å². The molecule has 2 aromatic rings. The van der Waals surface area contributed by atoms with Crippen LogP contribution in [0, 0.1) is 11.3 Å². The topological polar surface area (TPSA) is 82.2 Å². The molecule has 0 unspecified atom stereocenters. The minimum absolute atomic E-state index is 0.276. The first-order valence-electron chi connectivity index (χ1n) is 11.8. The molecular formula is C25H34N4O2. The maximum Gasteiger partial charge on any atom is 0.250 e. The standard InChI is InChI=1S/C25H34N4O2/c1-25(2)10-7-19-22(13-16-3-4-16)28-29(23(19)15-25)18-5-6-20(24(26)30)21(14-18)27-17-8-11-31-12-9-17/h5-6,14,16-17,27H,3-4,7-13,15H2,1-2H3,(H2,26,30). The number of nitrogens with two attached hydrogens (primary N) is 1. The van der Waals surface area contributed by atoms with E-state index in [1.807, 2.05) is 12.1 Å². The summed E-state index contributed by atoms with van der Waals surface area (Å²) in [5.41, 5.74) is 12.4. The van der Waals surface area contributed by atoms with Crippen LogP contribution in [-0.4, -0.2) is 34.9 Å². The van der Waals surface area contributed by atoms with Crippen molar-refractivity contribution in [2.24, 2.45) is 17.1 Å². The average Bonchev–Trinajstić information content (AvgIpc) is 3.48. The quantitative estimate of drug-likeness (QED) is 0.736. The molecular weight excluding hydrogens is 388 g/mol. The molecule has 2 fully saturated rings. The summed E-state index contributed by atoms with van der Waals surface area (Å²) in [5, 5.41) is 8.69. The van der Waals surface area contributed by atoms with E-state index in [0.717, 1.165) is 62.6 Å². The number of nitrogens with zero attached hydrogens (tertiary/aromatic N) is 2. The summed E-state index contributed by atoms with van der Waals surface area (Å²) in [5.74, 6) is 0.407. The van der Waals surface area contributed by atoms with E-state index in [1.54, 1.807) is 0 Å². The molecule has 5 rings (SSSR count). The molecule has 1 saturated carbocycles. The number of anilines is 1. The number of rotatable bonds is 6. The molecule has 2 aliphatic carbocycles. The lowest BCUT2D eigenvalue weighted by Crippen LogP contribution is -2.29. The number of amides is 1. The van der Waals surface area contributed by atoms with Crippen LogP contribution in [0.4, 0.5) is 5.69 Å². The van der Waals surface area contributed by atoms with Gasteiger partial charge in [-0.3, -0.25) is 4.79 Å². The minimum Gasteiger partial charge on any atom is -0.381 e. The Hall–Kier alpha value is -2.34. The Morgan fingerprint density at radius 2 is 2.03 bits per heavy atom. The predicted octanol–water partition coefficient (Wildman–Crippen LogP) is 4.03. The summed E-state index contributed by atoms with van der Waals surface area (Å²) in [7, 11) is 0. The van der Waals surface area contributed by atoms with Crippen LogP contribution in [-0.2, 0) is 24.0 Å². The molecule has 6 heteroatoms. The molecule has 1 aromatic heterocycles. The van der Waals surface area contributed by atoms with Crippen molar-refractivity contribution in [1.29, 1.82) is 0 Å². The summed E-state index contributed by atoms with van der Waals surface area (Å²) < 4.78 is 7.63. The summed E-state index contributed by atoms with van der Waals surface area (Å²) in [6.45, 7) is 6.19. The minimum atomic E-state index is -0.404. The highest BCUT2D eigenvalue weighted by Crippen LogP contribution is 2.40. The first kappa shape index (κ1) is 20.6. The molecule has 0 atom stereocenters. The largest absolute Gasteiger partial charge is 0.381 e. The second-order valence-electron chi connectivity index (χ2n) is 10.4.